The van der Waals surface area contributed by atoms with Crippen molar-refractivity contribution < 1.29 is 5.11 Å². The van der Waals surface area contributed by atoms with E-state index in [2.05, 4.69) is 31.2 Å². The molecule has 3 nitrogen and oxygen atoms in total. The van der Waals surface area contributed by atoms with E-state index in [0.29, 0.717) is 5.75 Å². The van der Waals surface area contributed by atoms with E-state index < -0.39 is 5.60 Å². The molecule has 0 radical (unpaired) electrons. The fourth-order valence-electron chi connectivity index (χ4n) is 3.06. The van der Waals surface area contributed by atoms with Crippen LogP contribution in [0.5, 0.6) is 0 Å². The van der Waals surface area contributed by atoms with Crippen molar-refractivity contribution in [1.29, 1.82) is 0 Å². The van der Waals surface area contributed by atoms with E-state index in [1.807, 2.05) is 35.8 Å². The zero-order valence-corrected chi connectivity index (χ0v) is 16.5. The first-order valence-corrected chi connectivity index (χ1v) is 10.6. The third-order valence-corrected chi connectivity index (χ3v) is 7.12. The third kappa shape index (κ3) is 4.37. The fraction of sp³-hybridized carbons (Fsp3) is 0.722. The second-order valence-electron chi connectivity index (χ2n) is 7.07. The van der Waals surface area contributed by atoms with Crippen LogP contribution in [0.15, 0.2) is 28.5 Å². The van der Waals surface area contributed by atoms with Crippen LogP contribution in [0.4, 0.5) is 0 Å². The van der Waals surface area contributed by atoms with Gasteiger partial charge in [0, 0.05) is 25.2 Å². The maximum Gasteiger partial charge on any atom is 0.167 e. The summed E-state index contributed by atoms with van der Waals surface area (Å²) >= 11 is 3.52. The van der Waals surface area contributed by atoms with Gasteiger partial charge in [-0.2, -0.15) is 0 Å². The van der Waals surface area contributed by atoms with Crippen LogP contribution >= 0.6 is 23.5 Å². The number of unbranched alkanes of at least 4 members (excludes halogenated alkanes) is 1. The molecule has 0 bridgehead atoms. The topological polar surface area (TPSA) is 38.1 Å². The van der Waals surface area contributed by atoms with Crippen LogP contribution < -0.4 is 0 Å². The van der Waals surface area contributed by atoms with Crippen LogP contribution in [-0.2, 0) is 7.05 Å². The Bertz CT molecular complexity index is 539. The lowest BCUT2D eigenvalue weighted by molar-refractivity contribution is -0.0358. The average Bonchev–Trinajstić information content (AvgIpc) is 2.91. The van der Waals surface area contributed by atoms with Crippen molar-refractivity contribution in [2.24, 2.45) is 12.5 Å². The Balaban J connectivity index is 2.14. The minimum Gasteiger partial charge on any atom is -0.384 e. The summed E-state index contributed by atoms with van der Waals surface area (Å²) in [6.07, 6.45) is 9.48. The molecule has 0 saturated heterocycles. The van der Waals surface area contributed by atoms with E-state index in [9.17, 15) is 5.11 Å². The predicted octanol–water partition coefficient (Wildman–Crippen LogP) is 4.87. The van der Waals surface area contributed by atoms with E-state index in [4.69, 9.17) is 0 Å². The van der Waals surface area contributed by atoms with E-state index in [1.165, 1.54) is 24.8 Å². The number of hydrogen-bond donors (Lipinski definition) is 1. The molecule has 0 aromatic carbocycles. The van der Waals surface area contributed by atoms with Gasteiger partial charge in [-0.05, 0) is 47.8 Å². The normalized spacial score (nSPS) is 25.9. The number of rotatable bonds is 7. The highest BCUT2D eigenvalue weighted by Crippen LogP contribution is 2.49. The Labute approximate surface area is 149 Å². The van der Waals surface area contributed by atoms with Gasteiger partial charge in [0.15, 0.2) is 5.16 Å². The summed E-state index contributed by atoms with van der Waals surface area (Å²) in [5.74, 6) is 1.81. The Hall–Kier alpha value is -0.390. The third-order valence-electron chi connectivity index (χ3n) is 4.93. The summed E-state index contributed by atoms with van der Waals surface area (Å²) < 4.78 is 2.02. The quantitative estimate of drug-likeness (QED) is 0.560. The fourth-order valence-corrected chi connectivity index (χ4v) is 5.46. The Morgan fingerprint density at radius 1 is 1.43 bits per heavy atom. The van der Waals surface area contributed by atoms with Crippen molar-refractivity contribution in [2.75, 3.05) is 11.5 Å². The van der Waals surface area contributed by atoms with Gasteiger partial charge >= 0.3 is 0 Å². The number of hydrogen-bond acceptors (Lipinski definition) is 4. The van der Waals surface area contributed by atoms with Gasteiger partial charge < -0.3 is 9.67 Å². The van der Waals surface area contributed by atoms with Crippen molar-refractivity contribution in [2.45, 2.75) is 63.6 Å². The van der Waals surface area contributed by atoms with Gasteiger partial charge in [0.2, 0.25) is 0 Å². The summed E-state index contributed by atoms with van der Waals surface area (Å²) in [5.41, 5.74) is 0.373. The minimum absolute atomic E-state index is 0.0967. The number of aryl methyl sites for hydroxylation is 1. The molecule has 1 aliphatic rings. The highest BCUT2D eigenvalue weighted by atomic mass is 32.2. The lowest BCUT2D eigenvalue weighted by Crippen LogP contribution is -2.51. The first-order valence-electron chi connectivity index (χ1n) is 8.54. The number of aromatic nitrogens is 2. The largest absolute Gasteiger partial charge is 0.384 e. The van der Waals surface area contributed by atoms with Gasteiger partial charge in [-0.25, -0.2) is 4.98 Å². The molecule has 0 spiro atoms. The maximum atomic E-state index is 11.6. The van der Waals surface area contributed by atoms with Crippen molar-refractivity contribution in [3.8, 4) is 0 Å². The van der Waals surface area contributed by atoms with Crippen LogP contribution in [0.2, 0.25) is 0 Å². The Morgan fingerprint density at radius 2 is 2.22 bits per heavy atom. The van der Waals surface area contributed by atoms with Crippen molar-refractivity contribution in [1.82, 2.24) is 9.55 Å². The van der Waals surface area contributed by atoms with Gasteiger partial charge in [0.05, 0.1) is 0 Å². The van der Waals surface area contributed by atoms with Crippen LogP contribution in [0.25, 0.3) is 0 Å². The van der Waals surface area contributed by atoms with Gasteiger partial charge in [0.1, 0.15) is 5.60 Å². The molecule has 1 fully saturated rings. The lowest BCUT2D eigenvalue weighted by atomic mass is 9.64. The molecule has 0 unspecified atom stereocenters. The summed E-state index contributed by atoms with van der Waals surface area (Å²) in [7, 11) is 2.00. The smallest absolute Gasteiger partial charge is 0.167 e. The zero-order chi connectivity index (χ0) is 16.9. The van der Waals surface area contributed by atoms with E-state index >= 15 is 0 Å². The molecule has 130 valence electrons. The van der Waals surface area contributed by atoms with E-state index in [1.54, 1.807) is 11.8 Å². The molecule has 0 aliphatic heterocycles. The predicted molar refractivity (Wildman–Crippen MR) is 102 cm³/mol. The monoisotopic (exact) mass is 354 g/mol. The number of aliphatic hydroxyl groups is 1. The molecule has 1 atom stereocenters. The molecule has 1 N–H and O–H groups in total. The molecule has 1 heterocycles. The van der Waals surface area contributed by atoms with Gasteiger partial charge in [-0.1, -0.05) is 39.0 Å². The van der Waals surface area contributed by atoms with Crippen molar-refractivity contribution in [3.63, 3.8) is 0 Å². The van der Waals surface area contributed by atoms with Gasteiger partial charge in [-0.3, -0.25) is 0 Å². The molecular weight excluding hydrogens is 324 g/mol. The van der Waals surface area contributed by atoms with Crippen LogP contribution in [0, 0.1) is 5.41 Å². The lowest BCUT2D eigenvalue weighted by Gasteiger charge is -2.48. The van der Waals surface area contributed by atoms with Crippen molar-refractivity contribution in [3.05, 3.63) is 23.4 Å². The van der Waals surface area contributed by atoms with Crippen LogP contribution in [0.1, 0.15) is 52.9 Å². The number of nitrogens with zero attached hydrogens (tertiary/aromatic N) is 2. The summed E-state index contributed by atoms with van der Waals surface area (Å²) in [6.45, 7) is 6.63. The van der Waals surface area contributed by atoms with Gasteiger partial charge in [0.25, 0.3) is 0 Å². The van der Waals surface area contributed by atoms with Crippen molar-refractivity contribution >= 4 is 23.5 Å². The highest BCUT2D eigenvalue weighted by molar-refractivity contribution is 8.02. The SMILES string of the molecule is CCCCS/C=C1\CCCC(C)(C)[C@]1(O)CSc1nccn1C. The maximum absolute atomic E-state index is 11.6. The average molecular weight is 355 g/mol. The molecule has 1 aromatic rings. The number of imidazole rings is 1. The highest BCUT2D eigenvalue weighted by Gasteiger charge is 2.48. The second-order valence-corrected chi connectivity index (χ2v) is 8.99. The molecule has 23 heavy (non-hydrogen) atoms. The zero-order valence-electron chi connectivity index (χ0n) is 14.8. The molecule has 1 saturated carbocycles. The first kappa shape index (κ1) is 18.9. The van der Waals surface area contributed by atoms with Crippen LogP contribution in [-0.4, -0.2) is 31.8 Å². The first-order chi connectivity index (χ1) is 10.9. The molecule has 1 aromatic heterocycles. The molecule has 2 rings (SSSR count). The summed E-state index contributed by atoms with van der Waals surface area (Å²) in [5, 5.41) is 14.8. The standard InChI is InChI=1S/C18H30N2OS2/c1-5-6-12-22-13-15-8-7-9-17(2,3)18(15,21)14-23-16-19-10-11-20(16)4/h10-11,13,21H,5-9,12,14H2,1-4H3/b15-13+/t18-/m0/s1. The Morgan fingerprint density at radius 3 is 2.87 bits per heavy atom. The van der Waals surface area contributed by atoms with E-state index in [0.717, 1.165) is 23.8 Å². The summed E-state index contributed by atoms with van der Waals surface area (Å²) in [4.78, 5) is 4.38. The molecular formula is C18H30N2OS2. The second kappa shape index (κ2) is 8.13. The summed E-state index contributed by atoms with van der Waals surface area (Å²) in [6, 6.07) is 0. The van der Waals surface area contributed by atoms with E-state index in [-0.39, 0.29) is 5.41 Å². The molecule has 1 aliphatic carbocycles. The Kier molecular flexibility index (Phi) is 6.69. The number of thioether (sulfide) groups is 2. The van der Waals surface area contributed by atoms with Gasteiger partial charge in [-0.15, -0.1) is 11.8 Å². The molecule has 0 amide bonds. The van der Waals surface area contributed by atoms with Crippen LogP contribution in [0.3, 0.4) is 0 Å². The minimum atomic E-state index is -0.749. The molecule has 5 heteroatoms.